The number of ether oxygens (including phenoxy) is 1. The minimum Gasteiger partial charge on any atom is -0.496 e. The monoisotopic (exact) mass is 383 g/mol. The van der Waals surface area contributed by atoms with E-state index in [1.54, 1.807) is 42.5 Å². The van der Waals surface area contributed by atoms with Crippen LogP contribution in [-0.2, 0) is 4.79 Å². The van der Waals surface area contributed by atoms with Gasteiger partial charge in [0, 0.05) is 29.9 Å². The molecule has 0 unspecified atom stereocenters. The highest BCUT2D eigenvalue weighted by Crippen LogP contribution is 2.21. The molecular weight excluding hydrogens is 354 g/mol. The van der Waals surface area contributed by atoms with E-state index in [9.17, 15) is 9.59 Å². The second kappa shape index (κ2) is 9.90. The third-order valence-corrected chi connectivity index (χ3v) is 4.63. The quantitative estimate of drug-likeness (QED) is 0.726. The zero-order valence-corrected chi connectivity index (χ0v) is 17.2. The first kappa shape index (κ1) is 21.4. The number of hydrogen-bond acceptors (Lipinski definition) is 4. The first-order valence-electron chi connectivity index (χ1n) is 9.37. The Hall–Kier alpha value is -2.86. The number of nitrogens with one attached hydrogen (secondary N) is 2. The van der Waals surface area contributed by atoms with Crippen molar-refractivity contribution in [1.82, 2.24) is 4.90 Å². The van der Waals surface area contributed by atoms with Crippen molar-refractivity contribution in [2.75, 3.05) is 31.3 Å². The summed E-state index contributed by atoms with van der Waals surface area (Å²) in [7, 11) is 3.53. The molecule has 0 heterocycles. The Balaban J connectivity index is 2.03. The average Bonchev–Trinajstić information content (AvgIpc) is 2.67. The van der Waals surface area contributed by atoms with E-state index in [0.29, 0.717) is 35.3 Å². The van der Waals surface area contributed by atoms with Crippen LogP contribution in [0.1, 0.15) is 31.1 Å². The fourth-order valence-corrected chi connectivity index (χ4v) is 2.70. The highest BCUT2D eigenvalue weighted by atomic mass is 16.5. The number of carbonyl (C=O) groups excluding carboxylic acids is 2. The van der Waals surface area contributed by atoms with Crippen molar-refractivity contribution >= 4 is 23.2 Å². The van der Waals surface area contributed by atoms with E-state index in [2.05, 4.69) is 29.4 Å². The zero-order valence-electron chi connectivity index (χ0n) is 17.2. The summed E-state index contributed by atoms with van der Waals surface area (Å²) in [5, 5.41) is 5.76. The van der Waals surface area contributed by atoms with Crippen molar-refractivity contribution in [3.63, 3.8) is 0 Å². The van der Waals surface area contributed by atoms with Crippen molar-refractivity contribution in [1.29, 1.82) is 0 Å². The molecule has 2 amide bonds. The van der Waals surface area contributed by atoms with Gasteiger partial charge < -0.3 is 20.3 Å². The van der Waals surface area contributed by atoms with Crippen LogP contribution in [0.4, 0.5) is 11.4 Å². The summed E-state index contributed by atoms with van der Waals surface area (Å²) in [6.07, 6.45) is 0. The van der Waals surface area contributed by atoms with E-state index in [-0.39, 0.29) is 17.7 Å². The number of benzene rings is 2. The molecule has 0 aliphatic heterocycles. The van der Waals surface area contributed by atoms with Gasteiger partial charge in [0.05, 0.1) is 12.7 Å². The first-order valence-corrected chi connectivity index (χ1v) is 9.37. The van der Waals surface area contributed by atoms with Gasteiger partial charge in [-0.15, -0.1) is 0 Å². The Morgan fingerprint density at radius 1 is 1.00 bits per heavy atom. The number of nitrogens with zero attached hydrogens (tertiary/aromatic N) is 1. The van der Waals surface area contributed by atoms with Crippen LogP contribution in [0.3, 0.4) is 0 Å². The minimum absolute atomic E-state index is 0.0549. The summed E-state index contributed by atoms with van der Waals surface area (Å²) >= 11 is 0. The van der Waals surface area contributed by atoms with Gasteiger partial charge in [-0.1, -0.05) is 25.1 Å². The lowest BCUT2D eigenvalue weighted by atomic mass is 10.1. The van der Waals surface area contributed by atoms with E-state index in [0.717, 1.165) is 0 Å². The van der Waals surface area contributed by atoms with E-state index < -0.39 is 0 Å². The second-order valence-corrected chi connectivity index (χ2v) is 7.16. The normalized spacial score (nSPS) is 12.0. The van der Waals surface area contributed by atoms with Crippen molar-refractivity contribution in [2.24, 2.45) is 5.92 Å². The lowest BCUT2D eigenvalue weighted by molar-refractivity contribution is -0.120. The van der Waals surface area contributed by atoms with Crippen molar-refractivity contribution in [3.05, 3.63) is 54.1 Å². The largest absolute Gasteiger partial charge is 0.496 e. The highest BCUT2D eigenvalue weighted by Gasteiger charge is 2.17. The van der Waals surface area contributed by atoms with Crippen LogP contribution in [0.2, 0.25) is 0 Å². The van der Waals surface area contributed by atoms with Gasteiger partial charge in [0.2, 0.25) is 5.91 Å². The Bertz CT molecular complexity index is 820. The fourth-order valence-electron chi connectivity index (χ4n) is 2.70. The number of methoxy groups -OCH3 is 1. The molecule has 0 fully saturated rings. The van der Waals surface area contributed by atoms with Gasteiger partial charge in [0.15, 0.2) is 0 Å². The van der Waals surface area contributed by atoms with E-state index in [1.807, 2.05) is 20.0 Å². The Labute approximate surface area is 166 Å². The van der Waals surface area contributed by atoms with Crippen LogP contribution >= 0.6 is 0 Å². The molecule has 0 bridgehead atoms. The van der Waals surface area contributed by atoms with Crippen molar-refractivity contribution in [2.45, 2.75) is 26.8 Å². The van der Waals surface area contributed by atoms with Gasteiger partial charge in [0.1, 0.15) is 5.75 Å². The minimum atomic E-state index is -0.271. The maximum Gasteiger partial charge on any atom is 0.259 e. The highest BCUT2D eigenvalue weighted by molar-refractivity contribution is 6.06. The molecule has 0 radical (unpaired) electrons. The molecular formula is C22H29N3O3. The smallest absolute Gasteiger partial charge is 0.259 e. The number of anilines is 2. The Morgan fingerprint density at radius 2 is 1.64 bits per heavy atom. The van der Waals surface area contributed by atoms with Gasteiger partial charge in [-0.3, -0.25) is 9.59 Å². The molecule has 0 saturated carbocycles. The van der Waals surface area contributed by atoms with Crippen LogP contribution in [-0.4, -0.2) is 43.5 Å². The molecule has 0 aliphatic rings. The van der Waals surface area contributed by atoms with Crippen LogP contribution in [0.5, 0.6) is 5.75 Å². The van der Waals surface area contributed by atoms with Gasteiger partial charge in [0.25, 0.3) is 5.91 Å². The molecule has 0 spiro atoms. The summed E-state index contributed by atoms with van der Waals surface area (Å²) < 4.78 is 5.23. The standard InChI is InChI=1S/C22H29N3O3/c1-15(2)25(4)14-16(3)21(26)23-17-9-8-10-18(13-17)24-22(27)19-11-6-7-12-20(19)28-5/h6-13,15-16H,14H2,1-5H3,(H,23,26)(H,24,27)/t16-/m1/s1. The topological polar surface area (TPSA) is 70.7 Å². The Kier molecular flexibility index (Phi) is 7.58. The SMILES string of the molecule is COc1ccccc1C(=O)Nc1cccc(NC(=O)[C@H](C)CN(C)C(C)C)c1. The predicted molar refractivity (Wildman–Crippen MR) is 113 cm³/mol. The summed E-state index contributed by atoms with van der Waals surface area (Å²) in [6.45, 7) is 6.77. The van der Waals surface area contributed by atoms with Crippen molar-refractivity contribution < 1.29 is 14.3 Å². The van der Waals surface area contributed by atoms with E-state index in [4.69, 9.17) is 4.74 Å². The van der Waals surface area contributed by atoms with Gasteiger partial charge in [-0.2, -0.15) is 0 Å². The molecule has 150 valence electrons. The van der Waals surface area contributed by atoms with Crippen LogP contribution in [0.15, 0.2) is 48.5 Å². The molecule has 6 heteroatoms. The maximum absolute atomic E-state index is 12.5. The molecule has 2 aromatic carbocycles. The third-order valence-electron chi connectivity index (χ3n) is 4.63. The molecule has 28 heavy (non-hydrogen) atoms. The Morgan fingerprint density at radius 3 is 2.29 bits per heavy atom. The lowest BCUT2D eigenvalue weighted by Gasteiger charge is -2.24. The average molecular weight is 383 g/mol. The molecule has 2 aromatic rings. The molecule has 0 aliphatic carbocycles. The van der Waals surface area contributed by atoms with Gasteiger partial charge in [-0.25, -0.2) is 0 Å². The second-order valence-electron chi connectivity index (χ2n) is 7.16. The number of carbonyl (C=O) groups is 2. The molecule has 1 atom stereocenters. The van der Waals surface area contributed by atoms with Crippen molar-refractivity contribution in [3.8, 4) is 5.75 Å². The number of para-hydroxylation sites is 1. The third kappa shape index (κ3) is 5.82. The molecule has 6 nitrogen and oxygen atoms in total. The molecule has 0 aromatic heterocycles. The van der Waals surface area contributed by atoms with Crippen LogP contribution < -0.4 is 15.4 Å². The van der Waals surface area contributed by atoms with Gasteiger partial charge >= 0.3 is 0 Å². The zero-order chi connectivity index (χ0) is 20.7. The first-order chi connectivity index (χ1) is 13.3. The number of amides is 2. The fraction of sp³-hybridized carbons (Fsp3) is 0.364. The summed E-state index contributed by atoms with van der Waals surface area (Å²) in [4.78, 5) is 27.1. The van der Waals surface area contributed by atoms with Crippen LogP contribution in [0, 0.1) is 5.92 Å². The maximum atomic E-state index is 12.5. The number of rotatable bonds is 8. The molecule has 0 saturated heterocycles. The molecule has 2 N–H and O–H groups in total. The predicted octanol–water partition coefficient (Wildman–Crippen LogP) is 3.86. The van der Waals surface area contributed by atoms with Gasteiger partial charge in [-0.05, 0) is 51.2 Å². The summed E-state index contributed by atoms with van der Waals surface area (Å²) in [6, 6.07) is 14.5. The van der Waals surface area contributed by atoms with E-state index in [1.165, 1.54) is 7.11 Å². The van der Waals surface area contributed by atoms with E-state index >= 15 is 0 Å². The lowest BCUT2D eigenvalue weighted by Crippen LogP contribution is -2.35. The van der Waals surface area contributed by atoms with Crippen LogP contribution in [0.25, 0.3) is 0 Å². The summed E-state index contributed by atoms with van der Waals surface area (Å²) in [5.74, 6) is 0.0281. The summed E-state index contributed by atoms with van der Waals surface area (Å²) in [5.41, 5.74) is 1.69. The molecule has 2 rings (SSSR count). The number of hydrogen-bond donors (Lipinski definition) is 2.